The SMILES string of the molecule is CCNC(Cc1cnn(C)c1)C(CC)(CC)N(C)C. The fourth-order valence-corrected chi connectivity index (χ4v) is 3.20. The second kappa shape index (κ2) is 7.06. The number of nitrogens with zero attached hydrogens (tertiary/aromatic N) is 3. The second-order valence-electron chi connectivity index (χ2n) is 5.54. The molecule has 1 aromatic rings. The van der Waals surface area contributed by atoms with Crippen LogP contribution >= 0.6 is 0 Å². The van der Waals surface area contributed by atoms with E-state index in [2.05, 4.69) is 56.4 Å². The Morgan fingerprint density at radius 2 is 1.95 bits per heavy atom. The van der Waals surface area contributed by atoms with E-state index in [1.54, 1.807) is 0 Å². The zero-order chi connectivity index (χ0) is 14.5. The summed E-state index contributed by atoms with van der Waals surface area (Å²) in [5.74, 6) is 0. The maximum atomic E-state index is 4.28. The van der Waals surface area contributed by atoms with Crippen LogP contribution in [0.1, 0.15) is 39.2 Å². The highest BCUT2D eigenvalue weighted by atomic mass is 15.2. The van der Waals surface area contributed by atoms with Crippen LogP contribution in [0.5, 0.6) is 0 Å². The third-order valence-electron chi connectivity index (χ3n) is 4.41. The minimum Gasteiger partial charge on any atom is -0.312 e. The van der Waals surface area contributed by atoms with Crippen LogP contribution in [-0.4, -0.2) is 46.9 Å². The summed E-state index contributed by atoms with van der Waals surface area (Å²) in [5, 5.41) is 7.97. The largest absolute Gasteiger partial charge is 0.312 e. The Hall–Kier alpha value is -0.870. The zero-order valence-electron chi connectivity index (χ0n) is 13.4. The maximum absolute atomic E-state index is 4.28. The Labute approximate surface area is 118 Å². The summed E-state index contributed by atoms with van der Waals surface area (Å²) < 4.78 is 1.88. The molecular formula is C15H30N4. The van der Waals surface area contributed by atoms with Crippen LogP contribution in [0.3, 0.4) is 0 Å². The molecule has 19 heavy (non-hydrogen) atoms. The molecule has 1 aromatic heterocycles. The fraction of sp³-hybridized carbons (Fsp3) is 0.800. The van der Waals surface area contributed by atoms with Crippen molar-refractivity contribution in [2.75, 3.05) is 20.6 Å². The zero-order valence-corrected chi connectivity index (χ0v) is 13.4. The summed E-state index contributed by atoms with van der Waals surface area (Å²) in [6.45, 7) is 7.76. The summed E-state index contributed by atoms with van der Waals surface area (Å²) in [5.41, 5.74) is 1.51. The van der Waals surface area contributed by atoms with Gasteiger partial charge in [-0.15, -0.1) is 0 Å². The minimum atomic E-state index is 0.200. The lowest BCUT2D eigenvalue weighted by Crippen LogP contribution is -2.59. The normalized spacial score (nSPS) is 14.1. The molecular weight excluding hydrogens is 236 g/mol. The van der Waals surface area contributed by atoms with Gasteiger partial charge in [0.2, 0.25) is 0 Å². The van der Waals surface area contributed by atoms with E-state index in [4.69, 9.17) is 0 Å². The Kier molecular flexibility index (Phi) is 6.01. The van der Waals surface area contributed by atoms with Crippen LogP contribution < -0.4 is 5.32 Å². The van der Waals surface area contributed by atoms with E-state index in [-0.39, 0.29) is 5.54 Å². The van der Waals surface area contributed by atoms with Gasteiger partial charge in [-0.25, -0.2) is 0 Å². The molecule has 0 aliphatic rings. The van der Waals surface area contributed by atoms with Crippen LogP contribution in [0.25, 0.3) is 0 Å². The molecule has 1 unspecified atom stereocenters. The summed E-state index contributed by atoms with van der Waals surface area (Å²) in [4.78, 5) is 2.39. The van der Waals surface area contributed by atoms with E-state index < -0.39 is 0 Å². The van der Waals surface area contributed by atoms with Gasteiger partial charge in [-0.05, 0) is 45.5 Å². The Morgan fingerprint density at radius 3 is 2.32 bits per heavy atom. The van der Waals surface area contributed by atoms with Gasteiger partial charge >= 0.3 is 0 Å². The minimum absolute atomic E-state index is 0.200. The molecule has 0 spiro atoms. The van der Waals surface area contributed by atoms with E-state index in [0.29, 0.717) is 6.04 Å². The molecule has 110 valence electrons. The Morgan fingerprint density at radius 1 is 1.32 bits per heavy atom. The topological polar surface area (TPSA) is 33.1 Å². The molecule has 0 saturated heterocycles. The van der Waals surface area contributed by atoms with E-state index in [1.165, 1.54) is 5.56 Å². The monoisotopic (exact) mass is 266 g/mol. The van der Waals surface area contributed by atoms with Crippen LogP contribution in [-0.2, 0) is 13.5 Å². The molecule has 0 bridgehead atoms. The van der Waals surface area contributed by atoms with Gasteiger partial charge in [-0.1, -0.05) is 20.8 Å². The summed E-state index contributed by atoms with van der Waals surface area (Å²) in [6.07, 6.45) is 7.43. The van der Waals surface area contributed by atoms with E-state index in [9.17, 15) is 0 Å². The average molecular weight is 266 g/mol. The van der Waals surface area contributed by atoms with Crippen molar-refractivity contribution in [1.82, 2.24) is 20.0 Å². The molecule has 0 aliphatic carbocycles. The molecule has 0 aliphatic heterocycles. The molecule has 4 heteroatoms. The maximum Gasteiger partial charge on any atom is 0.0522 e. The number of aromatic nitrogens is 2. The Balaban J connectivity index is 2.96. The van der Waals surface area contributed by atoms with E-state index >= 15 is 0 Å². The molecule has 1 atom stereocenters. The summed E-state index contributed by atoms with van der Waals surface area (Å²) >= 11 is 0. The molecule has 1 rings (SSSR count). The third-order valence-corrected chi connectivity index (χ3v) is 4.41. The Bertz CT molecular complexity index is 366. The third kappa shape index (κ3) is 3.57. The van der Waals surface area contributed by atoms with Crippen molar-refractivity contribution < 1.29 is 0 Å². The lowest BCUT2D eigenvalue weighted by Gasteiger charge is -2.45. The first-order valence-corrected chi connectivity index (χ1v) is 7.38. The van der Waals surface area contributed by atoms with Gasteiger partial charge in [0.05, 0.1) is 6.20 Å². The van der Waals surface area contributed by atoms with E-state index in [0.717, 1.165) is 25.8 Å². The molecule has 0 amide bonds. The highest BCUT2D eigenvalue weighted by molar-refractivity contribution is 5.10. The lowest BCUT2D eigenvalue weighted by molar-refractivity contribution is 0.0889. The van der Waals surface area contributed by atoms with Crippen LogP contribution in [0.4, 0.5) is 0 Å². The first kappa shape index (κ1) is 16.2. The number of hydrogen-bond donors (Lipinski definition) is 1. The smallest absolute Gasteiger partial charge is 0.0522 e. The average Bonchev–Trinajstić information content (AvgIpc) is 2.77. The van der Waals surface area contributed by atoms with Crippen molar-refractivity contribution in [3.8, 4) is 0 Å². The molecule has 0 saturated carbocycles. The van der Waals surface area contributed by atoms with Crippen molar-refractivity contribution in [3.63, 3.8) is 0 Å². The fourth-order valence-electron chi connectivity index (χ4n) is 3.20. The number of rotatable bonds is 8. The van der Waals surface area contributed by atoms with Gasteiger partial charge in [-0.3, -0.25) is 4.68 Å². The van der Waals surface area contributed by atoms with Gasteiger partial charge < -0.3 is 10.2 Å². The van der Waals surface area contributed by atoms with Crippen LogP contribution in [0.2, 0.25) is 0 Å². The molecule has 1 heterocycles. The predicted molar refractivity (Wildman–Crippen MR) is 81.4 cm³/mol. The highest BCUT2D eigenvalue weighted by Crippen LogP contribution is 2.28. The highest BCUT2D eigenvalue weighted by Gasteiger charge is 2.37. The van der Waals surface area contributed by atoms with Gasteiger partial charge in [0.15, 0.2) is 0 Å². The van der Waals surface area contributed by atoms with E-state index in [1.807, 2.05) is 17.9 Å². The first-order chi connectivity index (χ1) is 9.00. The predicted octanol–water partition coefficient (Wildman–Crippen LogP) is 2.06. The summed E-state index contributed by atoms with van der Waals surface area (Å²) in [7, 11) is 6.37. The first-order valence-electron chi connectivity index (χ1n) is 7.38. The van der Waals surface area contributed by atoms with Gasteiger partial charge in [0, 0.05) is 24.8 Å². The van der Waals surface area contributed by atoms with Crippen LogP contribution in [0.15, 0.2) is 12.4 Å². The number of hydrogen-bond acceptors (Lipinski definition) is 3. The molecule has 1 N–H and O–H groups in total. The molecule has 0 radical (unpaired) electrons. The number of aryl methyl sites for hydroxylation is 1. The van der Waals surface area contributed by atoms with Crippen molar-refractivity contribution in [2.24, 2.45) is 7.05 Å². The van der Waals surface area contributed by atoms with Crippen molar-refractivity contribution >= 4 is 0 Å². The number of likely N-dealkylation sites (N-methyl/N-ethyl adjacent to an activating group) is 2. The summed E-state index contributed by atoms with van der Waals surface area (Å²) in [6, 6.07) is 0.451. The van der Waals surface area contributed by atoms with Crippen molar-refractivity contribution in [2.45, 2.75) is 51.6 Å². The molecule has 0 aromatic carbocycles. The van der Waals surface area contributed by atoms with Gasteiger partial charge in [0.1, 0.15) is 0 Å². The second-order valence-corrected chi connectivity index (χ2v) is 5.54. The van der Waals surface area contributed by atoms with Crippen molar-refractivity contribution in [3.05, 3.63) is 18.0 Å². The lowest BCUT2D eigenvalue weighted by atomic mass is 9.80. The van der Waals surface area contributed by atoms with Crippen molar-refractivity contribution in [1.29, 1.82) is 0 Å². The quantitative estimate of drug-likeness (QED) is 0.782. The molecule has 4 nitrogen and oxygen atoms in total. The van der Waals surface area contributed by atoms with Crippen LogP contribution in [0, 0.1) is 0 Å². The standard InChI is InChI=1S/C15H30N4/c1-7-15(8-2,18(4)5)14(16-9-3)10-13-11-17-19(6)12-13/h11-12,14,16H,7-10H2,1-6H3. The van der Waals surface area contributed by atoms with Gasteiger partial charge in [-0.2, -0.15) is 5.10 Å². The molecule has 0 fully saturated rings. The number of nitrogens with one attached hydrogen (secondary N) is 1. The van der Waals surface area contributed by atoms with Gasteiger partial charge in [0.25, 0.3) is 0 Å².